The Hall–Kier alpha value is -0.610. The summed E-state index contributed by atoms with van der Waals surface area (Å²) in [6.07, 6.45) is 2.06. The first-order chi connectivity index (χ1) is 8.95. The molecule has 0 aromatic heterocycles. The molecular formula is C15H30N2O2. The molecule has 0 spiro atoms. The monoisotopic (exact) mass is 270 g/mol. The lowest BCUT2D eigenvalue weighted by Gasteiger charge is -2.34. The quantitative estimate of drug-likeness (QED) is 0.801. The highest BCUT2D eigenvalue weighted by molar-refractivity contribution is 5.78. The van der Waals surface area contributed by atoms with E-state index in [1.165, 1.54) is 0 Å². The summed E-state index contributed by atoms with van der Waals surface area (Å²) in [5, 5.41) is 3.05. The third kappa shape index (κ3) is 5.11. The van der Waals surface area contributed by atoms with Gasteiger partial charge < -0.3 is 15.0 Å². The van der Waals surface area contributed by atoms with E-state index in [2.05, 4.69) is 37.9 Å². The van der Waals surface area contributed by atoms with E-state index in [1.807, 2.05) is 0 Å². The van der Waals surface area contributed by atoms with Crippen LogP contribution in [-0.2, 0) is 9.53 Å². The van der Waals surface area contributed by atoms with Gasteiger partial charge in [0.15, 0.2) is 0 Å². The Morgan fingerprint density at radius 3 is 2.26 bits per heavy atom. The van der Waals surface area contributed by atoms with Gasteiger partial charge in [-0.15, -0.1) is 0 Å². The number of likely N-dealkylation sites (tertiary alicyclic amines) is 1. The van der Waals surface area contributed by atoms with Gasteiger partial charge in [0.05, 0.1) is 6.10 Å². The predicted molar refractivity (Wildman–Crippen MR) is 78.1 cm³/mol. The van der Waals surface area contributed by atoms with Crippen molar-refractivity contribution in [2.45, 2.75) is 52.7 Å². The molecule has 0 radical (unpaired) electrons. The summed E-state index contributed by atoms with van der Waals surface area (Å²) in [6.45, 7) is 11.3. The van der Waals surface area contributed by atoms with Crippen LogP contribution in [0.1, 0.15) is 40.5 Å². The first-order valence-corrected chi connectivity index (χ1v) is 7.50. The first kappa shape index (κ1) is 16.4. The van der Waals surface area contributed by atoms with Gasteiger partial charge in [0.25, 0.3) is 0 Å². The smallest absolute Gasteiger partial charge is 0.223 e. The number of rotatable bonds is 6. The standard InChI is InChI=1S/C15H30N2O2/c1-11(2)14(19-5)10-16-15(18)13-6-8-17(9-7-13)12(3)4/h11-14H,6-10H2,1-5H3,(H,16,18). The average Bonchev–Trinajstić information content (AvgIpc) is 2.38. The molecule has 1 saturated heterocycles. The van der Waals surface area contributed by atoms with Gasteiger partial charge in [-0.05, 0) is 45.7 Å². The Bertz CT molecular complexity index is 271. The van der Waals surface area contributed by atoms with E-state index in [9.17, 15) is 4.79 Å². The molecule has 0 saturated carbocycles. The van der Waals surface area contributed by atoms with Gasteiger partial charge in [0.2, 0.25) is 5.91 Å². The molecule has 1 unspecified atom stereocenters. The molecule has 19 heavy (non-hydrogen) atoms. The second-order valence-electron chi connectivity index (χ2n) is 6.17. The van der Waals surface area contributed by atoms with Crippen LogP contribution in [0.4, 0.5) is 0 Å². The predicted octanol–water partition coefficient (Wildman–Crippen LogP) is 1.89. The van der Waals surface area contributed by atoms with Crippen LogP contribution in [0.15, 0.2) is 0 Å². The molecule has 1 amide bonds. The molecule has 1 heterocycles. The molecular weight excluding hydrogens is 240 g/mol. The SMILES string of the molecule is COC(CNC(=O)C1CCN(C(C)C)CC1)C(C)C. The molecule has 1 atom stereocenters. The Morgan fingerprint density at radius 1 is 1.26 bits per heavy atom. The normalized spacial score (nSPS) is 19.9. The van der Waals surface area contributed by atoms with Gasteiger partial charge in [-0.1, -0.05) is 13.8 Å². The largest absolute Gasteiger partial charge is 0.379 e. The number of carbonyl (C=O) groups excluding carboxylic acids is 1. The number of amides is 1. The van der Waals surface area contributed by atoms with Crippen molar-refractivity contribution in [1.29, 1.82) is 0 Å². The lowest BCUT2D eigenvalue weighted by Crippen LogP contribution is -2.45. The molecule has 1 aliphatic heterocycles. The summed E-state index contributed by atoms with van der Waals surface area (Å²) in [4.78, 5) is 14.6. The van der Waals surface area contributed by atoms with Crippen LogP contribution in [0.3, 0.4) is 0 Å². The van der Waals surface area contributed by atoms with Crippen LogP contribution in [0.5, 0.6) is 0 Å². The van der Waals surface area contributed by atoms with E-state index in [4.69, 9.17) is 4.74 Å². The molecule has 112 valence electrons. The highest BCUT2D eigenvalue weighted by Crippen LogP contribution is 2.19. The van der Waals surface area contributed by atoms with Crippen molar-refractivity contribution in [2.75, 3.05) is 26.7 Å². The highest BCUT2D eigenvalue weighted by Gasteiger charge is 2.26. The maximum atomic E-state index is 12.1. The number of hydrogen-bond acceptors (Lipinski definition) is 3. The van der Waals surface area contributed by atoms with Crippen molar-refractivity contribution in [3.63, 3.8) is 0 Å². The summed E-state index contributed by atoms with van der Waals surface area (Å²) in [6, 6.07) is 0.586. The number of hydrogen-bond donors (Lipinski definition) is 1. The molecule has 0 bridgehead atoms. The summed E-state index contributed by atoms with van der Waals surface area (Å²) in [5.74, 6) is 0.805. The van der Waals surface area contributed by atoms with Gasteiger partial charge in [0, 0.05) is 25.6 Å². The van der Waals surface area contributed by atoms with E-state index in [1.54, 1.807) is 7.11 Å². The second-order valence-corrected chi connectivity index (χ2v) is 6.17. The van der Waals surface area contributed by atoms with Crippen molar-refractivity contribution in [2.24, 2.45) is 11.8 Å². The molecule has 1 rings (SSSR count). The second kappa shape index (κ2) is 7.85. The summed E-state index contributed by atoms with van der Waals surface area (Å²) >= 11 is 0. The molecule has 1 fully saturated rings. The van der Waals surface area contributed by atoms with E-state index in [0.717, 1.165) is 25.9 Å². The van der Waals surface area contributed by atoms with Gasteiger partial charge in [0.1, 0.15) is 0 Å². The lowest BCUT2D eigenvalue weighted by molar-refractivity contribution is -0.127. The molecule has 1 N–H and O–H groups in total. The van der Waals surface area contributed by atoms with Crippen LogP contribution in [0.25, 0.3) is 0 Å². The van der Waals surface area contributed by atoms with Gasteiger partial charge in [-0.2, -0.15) is 0 Å². The minimum absolute atomic E-state index is 0.111. The zero-order chi connectivity index (χ0) is 14.4. The van der Waals surface area contributed by atoms with Crippen LogP contribution in [0, 0.1) is 11.8 Å². The fraction of sp³-hybridized carbons (Fsp3) is 0.933. The van der Waals surface area contributed by atoms with Crippen LogP contribution in [-0.4, -0.2) is 49.7 Å². The Morgan fingerprint density at radius 2 is 1.84 bits per heavy atom. The molecule has 4 heteroatoms. The lowest BCUT2D eigenvalue weighted by atomic mass is 9.95. The molecule has 0 aliphatic carbocycles. The van der Waals surface area contributed by atoms with Crippen molar-refractivity contribution >= 4 is 5.91 Å². The third-order valence-electron chi connectivity index (χ3n) is 4.15. The van der Waals surface area contributed by atoms with Gasteiger partial charge >= 0.3 is 0 Å². The first-order valence-electron chi connectivity index (χ1n) is 7.50. The number of ether oxygens (including phenoxy) is 1. The van der Waals surface area contributed by atoms with Crippen molar-refractivity contribution < 1.29 is 9.53 Å². The topological polar surface area (TPSA) is 41.6 Å². The van der Waals surface area contributed by atoms with Gasteiger partial charge in [-0.25, -0.2) is 0 Å². The number of piperidine rings is 1. The van der Waals surface area contributed by atoms with Crippen molar-refractivity contribution in [3.8, 4) is 0 Å². The minimum atomic E-state index is 0.111. The molecule has 1 aliphatic rings. The molecule has 4 nitrogen and oxygen atoms in total. The summed E-state index contributed by atoms with van der Waals surface area (Å²) in [5.41, 5.74) is 0. The average molecular weight is 270 g/mol. The van der Waals surface area contributed by atoms with Crippen LogP contribution in [0.2, 0.25) is 0 Å². The number of nitrogens with zero attached hydrogens (tertiary/aromatic N) is 1. The van der Waals surface area contributed by atoms with Crippen LogP contribution < -0.4 is 5.32 Å². The summed E-state index contributed by atoms with van der Waals surface area (Å²) in [7, 11) is 1.71. The van der Waals surface area contributed by atoms with E-state index >= 15 is 0 Å². The van der Waals surface area contributed by atoms with Crippen molar-refractivity contribution in [1.82, 2.24) is 10.2 Å². The Labute approximate surface area is 117 Å². The molecule has 0 aromatic carbocycles. The highest BCUT2D eigenvalue weighted by atomic mass is 16.5. The fourth-order valence-electron chi connectivity index (χ4n) is 2.61. The third-order valence-corrected chi connectivity index (χ3v) is 4.15. The van der Waals surface area contributed by atoms with Crippen LogP contribution >= 0.6 is 0 Å². The summed E-state index contributed by atoms with van der Waals surface area (Å²) < 4.78 is 5.38. The van der Waals surface area contributed by atoms with E-state index in [-0.39, 0.29) is 17.9 Å². The maximum Gasteiger partial charge on any atom is 0.223 e. The van der Waals surface area contributed by atoms with E-state index in [0.29, 0.717) is 18.5 Å². The Balaban J connectivity index is 2.31. The van der Waals surface area contributed by atoms with E-state index < -0.39 is 0 Å². The minimum Gasteiger partial charge on any atom is -0.379 e. The number of carbonyl (C=O) groups is 1. The number of methoxy groups -OCH3 is 1. The zero-order valence-corrected chi connectivity index (χ0v) is 13.1. The zero-order valence-electron chi connectivity index (χ0n) is 13.1. The molecule has 0 aromatic rings. The van der Waals surface area contributed by atoms with Crippen molar-refractivity contribution in [3.05, 3.63) is 0 Å². The fourth-order valence-corrected chi connectivity index (χ4v) is 2.61. The Kier molecular flexibility index (Phi) is 6.80. The maximum absolute atomic E-state index is 12.1. The van der Waals surface area contributed by atoms with Gasteiger partial charge in [-0.3, -0.25) is 4.79 Å². The number of nitrogens with one attached hydrogen (secondary N) is 1.